The van der Waals surface area contributed by atoms with Gasteiger partial charge in [0.05, 0.1) is 4.90 Å². The third-order valence-electron chi connectivity index (χ3n) is 3.61. The van der Waals surface area contributed by atoms with E-state index in [2.05, 4.69) is 4.72 Å². The minimum atomic E-state index is -4.01. The molecule has 1 N–H and O–H groups in total. The molecule has 0 aliphatic heterocycles. The molecular weight excluding hydrogens is 368 g/mol. The molecule has 0 bridgehead atoms. The summed E-state index contributed by atoms with van der Waals surface area (Å²) >= 11 is 0. The van der Waals surface area contributed by atoms with Crippen LogP contribution >= 0.6 is 7.60 Å². The van der Waals surface area contributed by atoms with Crippen LogP contribution in [0, 0.1) is 12.7 Å². The molecule has 0 saturated carbocycles. The Kier molecular flexibility index (Phi) is 6.13. The number of rotatable bonds is 7. The van der Waals surface area contributed by atoms with Gasteiger partial charge in [0.2, 0.25) is 10.0 Å². The first-order valence-electron chi connectivity index (χ1n) is 7.27. The highest BCUT2D eigenvalue weighted by molar-refractivity contribution is 7.89. The fraction of sp³-hybridized carbons (Fsp3) is 0.250. The topological polar surface area (TPSA) is 81.7 Å². The standard InChI is InChI=1S/C16H19FNO5PS/c1-12-4-10-15(11-5-12)25(20,21)18-16(24(19,22-2)23-3)13-6-8-14(17)9-7-13/h4-11,16,18H,1-3H3. The molecule has 2 aromatic carbocycles. The van der Waals surface area contributed by atoms with Gasteiger partial charge in [-0.1, -0.05) is 29.8 Å². The maximum absolute atomic E-state index is 13.2. The van der Waals surface area contributed by atoms with Crippen molar-refractivity contribution in [2.24, 2.45) is 0 Å². The maximum atomic E-state index is 13.2. The van der Waals surface area contributed by atoms with Crippen LogP contribution in [0.5, 0.6) is 0 Å². The Morgan fingerprint density at radius 2 is 1.52 bits per heavy atom. The molecule has 0 aliphatic rings. The predicted octanol–water partition coefficient (Wildman–Crippen LogP) is 3.60. The lowest BCUT2D eigenvalue weighted by Gasteiger charge is -2.25. The zero-order chi connectivity index (χ0) is 18.7. The molecule has 2 aromatic rings. The number of hydrogen-bond donors (Lipinski definition) is 1. The second-order valence-electron chi connectivity index (χ2n) is 5.29. The van der Waals surface area contributed by atoms with Gasteiger partial charge in [-0.2, -0.15) is 4.72 Å². The number of hydrogen-bond acceptors (Lipinski definition) is 5. The minimum Gasteiger partial charge on any atom is -0.311 e. The van der Waals surface area contributed by atoms with Crippen LogP contribution in [0.4, 0.5) is 4.39 Å². The molecule has 0 heterocycles. The van der Waals surface area contributed by atoms with Gasteiger partial charge < -0.3 is 9.05 Å². The van der Waals surface area contributed by atoms with Crippen molar-refractivity contribution in [1.29, 1.82) is 0 Å². The third kappa shape index (κ3) is 4.54. The molecule has 0 aromatic heterocycles. The van der Waals surface area contributed by atoms with E-state index in [0.29, 0.717) is 0 Å². The number of benzene rings is 2. The molecule has 9 heteroatoms. The van der Waals surface area contributed by atoms with Gasteiger partial charge in [0.15, 0.2) is 0 Å². The molecule has 6 nitrogen and oxygen atoms in total. The normalized spacial score (nSPS) is 13.6. The van der Waals surface area contributed by atoms with Crippen molar-refractivity contribution < 1.29 is 26.4 Å². The number of sulfonamides is 1. The molecule has 1 unspecified atom stereocenters. The minimum absolute atomic E-state index is 0.00367. The lowest BCUT2D eigenvalue weighted by molar-refractivity contribution is 0.263. The van der Waals surface area contributed by atoms with Gasteiger partial charge in [-0.15, -0.1) is 0 Å². The van der Waals surface area contributed by atoms with Crippen LogP contribution in [0.1, 0.15) is 16.9 Å². The highest BCUT2D eigenvalue weighted by atomic mass is 32.2. The van der Waals surface area contributed by atoms with Crippen molar-refractivity contribution in [2.75, 3.05) is 14.2 Å². The first-order chi connectivity index (χ1) is 11.7. The Hall–Kier alpha value is -1.57. The first kappa shape index (κ1) is 19.8. The van der Waals surface area contributed by atoms with Gasteiger partial charge in [0.25, 0.3) is 0 Å². The molecule has 0 amide bonds. The van der Waals surface area contributed by atoms with Crippen molar-refractivity contribution >= 4 is 17.6 Å². The second kappa shape index (κ2) is 7.76. The molecule has 1 atom stereocenters. The lowest BCUT2D eigenvalue weighted by atomic mass is 10.2. The van der Waals surface area contributed by atoms with E-state index < -0.39 is 29.2 Å². The van der Waals surface area contributed by atoms with Crippen molar-refractivity contribution in [3.8, 4) is 0 Å². The van der Waals surface area contributed by atoms with E-state index in [1.807, 2.05) is 6.92 Å². The maximum Gasteiger partial charge on any atom is 0.352 e. The number of aryl methyl sites for hydroxylation is 1. The third-order valence-corrected chi connectivity index (χ3v) is 7.30. The van der Waals surface area contributed by atoms with E-state index >= 15 is 0 Å². The molecule has 0 fully saturated rings. The second-order valence-corrected chi connectivity index (χ2v) is 9.33. The Balaban J connectivity index is 2.47. The van der Waals surface area contributed by atoms with Crippen LogP contribution in [-0.2, 0) is 23.6 Å². The van der Waals surface area contributed by atoms with E-state index in [-0.39, 0.29) is 10.5 Å². The van der Waals surface area contributed by atoms with Gasteiger partial charge in [0, 0.05) is 14.2 Å². The largest absolute Gasteiger partial charge is 0.352 e. The monoisotopic (exact) mass is 387 g/mol. The Bertz CT molecular complexity index is 860. The molecule has 25 heavy (non-hydrogen) atoms. The summed E-state index contributed by atoms with van der Waals surface area (Å²) in [7, 11) is -5.57. The summed E-state index contributed by atoms with van der Waals surface area (Å²) in [5.41, 5.74) is 1.15. The predicted molar refractivity (Wildman–Crippen MR) is 92.3 cm³/mol. The van der Waals surface area contributed by atoms with Gasteiger partial charge in [-0.3, -0.25) is 4.57 Å². The van der Waals surface area contributed by atoms with Crippen molar-refractivity contribution in [2.45, 2.75) is 17.6 Å². The highest BCUT2D eigenvalue weighted by Crippen LogP contribution is 2.58. The van der Waals surface area contributed by atoms with Crippen LogP contribution < -0.4 is 4.72 Å². The summed E-state index contributed by atoms with van der Waals surface area (Å²) in [4.78, 5) is 0.00367. The van der Waals surface area contributed by atoms with Gasteiger partial charge in [0.1, 0.15) is 11.6 Å². The zero-order valence-electron chi connectivity index (χ0n) is 14.0. The van der Waals surface area contributed by atoms with Crippen LogP contribution in [0.25, 0.3) is 0 Å². The summed E-state index contributed by atoms with van der Waals surface area (Å²) < 4.78 is 63.6. The van der Waals surface area contributed by atoms with Crippen molar-refractivity contribution in [1.82, 2.24) is 4.72 Å². The summed E-state index contributed by atoms with van der Waals surface area (Å²) in [6.45, 7) is 1.83. The molecule has 0 spiro atoms. The van der Waals surface area contributed by atoms with E-state index in [4.69, 9.17) is 9.05 Å². The molecule has 0 saturated heterocycles. The summed E-state index contributed by atoms with van der Waals surface area (Å²) in [5, 5.41) is 0. The quantitative estimate of drug-likeness (QED) is 0.734. The van der Waals surface area contributed by atoms with Crippen LogP contribution in [0.3, 0.4) is 0 Å². The Morgan fingerprint density at radius 1 is 1.00 bits per heavy atom. The summed E-state index contributed by atoms with van der Waals surface area (Å²) in [5.74, 6) is -1.83. The molecule has 136 valence electrons. The van der Waals surface area contributed by atoms with E-state index in [1.54, 1.807) is 12.1 Å². The van der Waals surface area contributed by atoms with Gasteiger partial charge >= 0.3 is 7.60 Å². The van der Waals surface area contributed by atoms with Gasteiger partial charge in [-0.05, 0) is 36.8 Å². The number of halogens is 1. The van der Waals surface area contributed by atoms with Crippen molar-refractivity contribution in [3.63, 3.8) is 0 Å². The summed E-state index contributed by atoms with van der Waals surface area (Å²) in [6.07, 6.45) is 0. The first-order valence-corrected chi connectivity index (χ1v) is 10.4. The number of nitrogens with one attached hydrogen (secondary N) is 1. The molecule has 0 radical (unpaired) electrons. The fourth-order valence-corrected chi connectivity index (χ4v) is 5.28. The van der Waals surface area contributed by atoms with E-state index in [9.17, 15) is 17.4 Å². The average Bonchev–Trinajstić information content (AvgIpc) is 2.60. The van der Waals surface area contributed by atoms with E-state index in [0.717, 1.165) is 31.9 Å². The zero-order valence-corrected chi connectivity index (χ0v) is 15.7. The van der Waals surface area contributed by atoms with Crippen molar-refractivity contribution in [3.05, 3.63) is 65.5 Å². The fourth-order valence-electron chi connectivity index (χ4n) is 2.18. The smallest absolute Gasteiger partial charge is 0.311 e. The molecule has 0 aliphatic carbocycles. The lowest BCUT2D eigenvalue weighted by Crippen LogP contribution is -2.29. The van der Waals surface area contributed by atoms with Crippen LogP contribution in [-0.4, -0.2) is 22.6 Å². The molecular formula is C16H19FNO5PS. The van der Waals surface area contributed by atoms with Crippen LogP contribution in [0.2, 0.25) is 0 Å². The van der Waals surface area contributed by atoms with E-state index in [1.165, 1.54) is 24.3 Å². The molecule has 2 rings (SSSR count). The summed E-state index contributed by atoms with van der Waals surface area (Å²) in [6, 6.07) is 11.1. The Morgan fingerprint density at radius 3 is 2.00 bits per heavy atom. The highest BCUT2D eigenvalue weighted by Gasteiger charge is 2.38. The average molecular weight is 387 g/mol. The van der Waals surface area contributed by atoms with Gasteiger partial charge in [-0.25, -0.2) is 12.8 Å². The Labute approximate surface area is 146 Å². The van der Waals surface area contributed by atoms with Crippen LogP contribution in [0.15, 0.2) is 53.4 Å². The SMILES string of the molecule is COP(=O)(OC)C(NS(=O)(=O)c1ccc(C)cc1)c1ccc(F)cc1.